The number of allylic oxidation sites excluding steroid dienone is 6. The lowest BCUT2D eigenvalue weighted by Gasteiger charge is -2.01. The topological polar surface area (TPSA) is 0 Å². The van der Waals surface area contributed by atoms with Gasteiger partial charge in [-0.15, -0.1) is 18.3 Å². The molecule has 0 aliphatic carbocycles. The van der Waals surface area contributed by atoms with Gasteiger partial charge in [-0.2, -0.15) is 0 Å². The molecule has 0 heterocycles. The summed E-state index contributed by atoms with van der Waals surface area (Å²) in [4.78, 5) is 0. The minimum absolute atomic E-state index is 0.584. The van der Waals surface area contributed by atoms with Crippen LogP contribution in [0.2, 0.25) is 0 Å². The van der Waals surface area contributed by atoms with E-state index in [1.54, 1.807) is 0 Å². The van der Waals surface area contributed by atoms with E-state index in [2.05, 4.69) is 57.9 Å². The zero-order valence-corrected chi connectivity index (χ0v) is 11.1. The highest BCUT2D eigenvalue weighted by atomic mass is 32.2. The van der Waals surface area contributed by atoms with Gasteiger partial charge in [-0.25, -0.2) is 0 Å². The fourth-order valence-electron chi connectivity index (χ4n) is 0.798. The van der Waals surface area contributed by atoms with Crippen molar-refractivity contribution in [3.8, 4) is 0 Å². The highest BCUT2D eigenvalue weighted by molar-refractivity contribution is 8.02. The molecule has 0 nitrogen and oxygen atoms in total. The molecule has 0 amide bonds. The van der Waals surface area contributed by atoms with Gasteiger partial charge in [0.15, 0.2) is 0 Å². The van der Waals surface area contributed by atoms with Crippen molar-refractivity contribution in [3.63, 3.8) is 0 Å². The first-order valence-corrected chi connectivity index (χ1v) is 6.37. The highest BCUT2D eigenvalue weighted by Gasteiger charge is 1.93. The summed E-state index contributed by atoms with van der Waals surface area (Å²) in [5.41, 5.74) is 2.60. The summed E-state index contributed by atoms with van der Waals surface area (Å²) in [6.07, 6.45) is 8.40. The van der Waals surface area contributed by atoms with E-state index < -0.39 is 0 Å². The van der Waals surface area contributed by atoms with Gasteiger partial charge in [-0.05, 0) is 37.7 Å². The van der Waals surface area contributed by atoms with Crippen molar-refractivity contribution in [1.82, 2.24) is 0 Å². The second-order valence-electron chi connectivity index (χ2n) is 3.77. The minimum Gasteiger partial charge on any atom is -0.133 e. The number of rotatable bonds is 6. The summed E-state index contributed by atoms with van der Waals surface area (Å²) in [6, 6.07) is 0. The Labute approximate surface area is 98.8 Å². The molecule has 1 atom stereocenters. The van der Waals surface area contributed by atoms with E-state index in [0.29, 0.717) is 5.92 Å². The van der Waals surface area contributed by atoms with E-state index in [-0.39, 0.29) is 0 Å². The van der Waals surface area contributed by atoms with Crippen LogP contribution in [0.25, 0.3) is 0 Å². The summed E-state index contributed by atoms with van der Waals surface area (Å²) < 4.78 is 0. The van der Waals surface area contributed by atoms with Crippen LogP contribution in [0.3, 0.4) is 0 Å². The van der Waals surface area contributed by atoms with Crippen LogP contribution in [0.15, 0.2) is 47.4 Å². The van der Waals surface area contributed by atoms with Crippen molar-refractivity contribution in [3.05, 3.63) is 47.4 Å². The number of hydrogen-bond acceptors (Lipinski definition) is 1. The molecule has 15 heavy (non-hydrogen) atoms. The molecule has 0 aromatic carbocycles. The number of thioether (sulfide) groups is 1. The Balaban J connectivity index is 3.99. The average molecular weight is 222 g/mol. The SMILES string of the molecule is C=C[C@@H](C)CS/C=C(C)/C=C\C(C)=C/C. The lowest BCUT2D eigenvalue weighted by atomic mass is 10.2. The van der Waals surface area contributed by atoms with Gasteiger partial charge < -0.3 is 0 Å². The van der Waals surface area contributed by atoms with Crippen LogP contribution < -0.4 is 0 Å². The fourth-order valence-corrected chi connectivity index (χ4v) is 1.68. The van der Waals surface area contributed by atoms with Gasteiger partial charge in [0.2, 0.25) is 0 Å². The van der Waals surface area contributed by atoms with E-state index in [0.717, 1.165) is 5.75 Å². The van der Waals surface area contributed by atoms with E-state index in [1.807, 2.05) is 17.8 Å². The lowest BCUT2D eigenvalue weighted by Crippen LogP contribution is -1.90. The molecule has 0 radical (unpaired) electrons. The first-order chi connectivity index (χ1) is 7.10. The molecule has 0 unspecified atom stereocenters. The Morgan fingerprint density at radius 3 is 2.40 bits per heavy atom. The zero-order chi connectivity index (χ0) is 11.7. The van der Waals surface area contributed by atoms with Gasteiger partial charge in [0.1, 0.15) is 0 Å². The molecule has 0 N–H and O–H groups in total. The molecule has 0 aliphatic heterocycles. The second kappa shape index (κ2) is 8.60. The molecule has 0 bridgehead atoms. The van der Waals surface area contributed by atoms with Crippen molar-refractivity contribution in [2.75, 3.05) is 5.75 Å². The first kappa shape index (κ1) is 14.3. The highest BCUT2D eigenvalue weighted by Crippen LogP contribution is 2.13. The van der Waals surface area contributed by atoms with E-state index in [9.17, 15) is 0 Å². The predicted molar refractivity (Wildman–Crippen MR) is 74.1 cm³/mol. The molecule has 0 saturated carbocycles. The van der Waals surface area contributed by atoms with E-state index >= 15 is 0 Å². The summed E-state index contributed by atoms with van der Waals surface area (Å²) in [6.45, 7) is 12.2. The summed E-state index contributed by atoms with van der Waals surface area (Å²) in [5, 5.41) is 2.21. The Bertz CT molecular complexity index is 269. The quantitative estimate of drug-likeness (QED) is 0.452. The normalized spacial score (nSPS) is 15.7. The third-order valence-corrected chi connectivity index (χ3v) is 3.35. The van der Waals surface area contributed by atoms with Crippen molar-refractivity contribution >= 4 is 11.8 Å². The van der Waals surface area contributed by atoms with Crippen LogP contribution in [0, 0.1) is 5.92 Å². The maximum atomic E-state index is 3.77. The van der Waals surface area contributed by atoms with Gasteiger partial charge in [0.25, 0.3) is 0 Å². The van der Waals surface area contributed by atoms with Crippen molar-refractivity contribution in [1.29, 1.82) is 0 Å². The molecule has 1 heteroatoms. The molecule has 84 valence electrons. The summed E-state index contributed by atoms with van der Waals surface area (Å²) in [7, 11) is 0. The fraction of sp³-hybridized carbons (Fsp3) is 0.429. The predicted octanol–water partition coefficient (Wildman–Crippen LogP) is 4.97. The number of hydrogen-bond donors (Lipinski definition) is 0. The minimum atomic E-state index is 0.584. The van der Waals surface area contributed by atoms with Gasteiger partial charge >= 0.3 is 0 Å². The Kier molecular flexibility index (Phi) is 8.21. The van der Waals surface area contributed by atoms with Gasteiger partial charge in [-0.1, -0.05) is 36.8 Å². The smallest absolute Gasteiger partial charge is 0.00344 e. The standard InChI is InChI=1S/C14H22S/c1-6-12(3)8-9-14(5)11-15-10-13(4)7-2/h6-9,11,13H,2,10H2,1,3-5H3/b9-8-,12-6-,14-11+/t13-/m1/s1. The van der Waals surface area contributed by atoms with Crippen molar-refractivity contribution < 1.29 is 0 Å². The monoisotopic (exact) mass is 222 g/mol. The molecule has 0 saturated heterocycles. The maximum Gasteiger partial charge on any atom is 0.00344 e. The largest absolute Gasteiger partial charge is 0.133 e. The zero-order valence-electron chi connectivity index (χ0n) is 10.3. The third-order valence-electron chi connectivity index (χ3n) is 2.10. The van der Waals surface area contributed by atoms with Crippen LogP contribution in [-0.4, -0.2) is 5.75 Å². The summed E-state index contributed by atoms with van der Waals surface area (Å²) >= 11 is 1.85. The lowest BCUT2D eigenvalue weighted by molar-refractivity contribution is 0.851. The molecular formula is C14H22S. The molecule has 0 aromatic rings. The summed E-state index contributed by atoms with van der Waals surface area (Å²) in [5.74, 6) is 1.69. The van der Waals surface area contributed by atoms with Gasteiger partial charge in [-0.3, -0.25) is 0 Å². The van der Waals surface area contributed by atoms with Gasteiger partial charge in [0.05, 0.1) is 0 Å². The third kappa shape index (κ3) is 8.31. The molecule has 0 aromatic heterocycles. The molecule has 0 aliphatic rings. The molecular weight excluding hydrogens is 200 g/mol. The van der Waals surface area contributed by atoms with Crippen molar-refractivity contribution in [2.45, 2.75) is 27.7 Å². The molecule has 0 rings (SSSR count). The first-order valence-electron chi connectivity index (χ1n) is 5.32. The molecule has 0 spiro atoms. The Hall–Kier alpha value is -0.690. The van der Waals surface area contributed by atoms with Crippen LogP contribution in [0.5, 0.6) is 0 Å². The van der Waals surface area contributed by atoms with E-state index in [1.165, 1.54) is 11.1 Å². The maximum absolute atomic E-state index is 3.77. The van der Waals surface area contributed by atoms with Crippen molar-refractivity contribution in [2.24, 2.45) is 5.92 Å². The second-order valence-corrected chi connectivity index (χ2v) is 4.68. The van der Waals surface area contributed by atoms with Crippen LogP contribution in [0.1, 0.15) is 27.7 Å². The Morgan fingerprint density at radius 1 is 1.27 bits per heavy atom. The van der Waals surface area contributed by atoms with Crippen LogP contribution >= 0.6 is 11.8 Å². The molecule has 0 fully saturated rings. The van der Waals surface area contributed by atoms with E-state index in [4.69, 9.17) is 0 Å². The Morgan fingerprint density at radius 2 is 1.87 bits per heavy atom. The van der Waals surface area contributed by atoms with Crippen LogP contribution in [-0.2, 0) is 0 Å². The average Bonchev–Trinajstić information content (AvgIpc) is 2.25. The van der Waals surface area contributed by atoms with Crippen LogP contribution in [0.4, 0.5) is 0 Å². The van der Waals surface area contributed by atoms with Gasteiger partial charge in [0, 0.05) is 5.75 Å².